The monoisotopic (exact) mass is 145 g/mol. The Labute approximate surface area is 63.9 Å². The summed E-state index contributed by atoms with van der Waals surface area (Å²) >= 11 is 0. The topological polar surface area (TPSA) is 21.3 Å². The first-order valence-electron chi connectivity index (χ1n) is 4.18. The van der Waals surface area contributed by atoms with Crippen LogP contribution in [0.5, 0.6) is 0 Å². The van der Waals surface area contributed by atoms with E-state index in [1.807, 2.05) is 6.92 Å². The number of rotatable bonds is 6. The van der Waals surface area contributed by atoms with Crippen LogP contribution in [0.15, 0.2) is 0 Å². The standard InChI is InChI=1S/C8H19NO/c1-4-6-7-8(3)9-10-5-2/h8-9H,4-7H2,1-3H3. The molecule has 2 nitrogen and oxygen atoms in total. The summed E-state index contributed by atoms with van der Waals surface area (Å²) in [4.78, 5) is 5.04. The lowest BCUT2D eigenvalue weighted by Crippen LogP contribution is -2.25. The van der Waals surface area contributed by atoms with E-state index in [1.165, 1.54) is 19.3 Å². The molecule has 0 saturated carbocycles. The minimum Gasteiger partial charge on any atom is -0.302 e. The first-order chi connectivity index (χ1) is 4.81. The smallest absolute Gasteiger partial charge is 0.0654 e. The van der Waals surface area contributed by atoms with Gasteiger partial charge in [-0.15, -0.1) is 0 Å². The Balaban J connectivity index is 3.00. The van der Waals surface area contributed by atoms with Crippen LogP contribution >= 0.6 is 0 Å². The highest BCUT2D eigenvalue weighted by atomic mass is 16.6. The van der Waals surface area contributed by atoms with Gasteiger partial charge in [0.1, 0.15) is 0 Å². The van der Waals surface area contributed by atoms with Crippen molar-refractivity contribution in [2.24, 2.45) is 0 Å². The molecule has 0 bridgehead atoms. The van der Waals surface area contributed by atoms with E-state index in [4.69, 9.17) is 4.84 Å². The quantitative estimate of drug-likeness (QED) is 0.578. The molecule has 0 spiro atoms. The minimum atomic E-state index is 0.500. The molecule has 0 amide bonds. The highest BCUT2D eigenvalue weighted by Gasteiger charge is 1.97. The largest absolute Gasteiger partial charge is 0.302 e. The molecular formula is C8H19NO. The maximum Gasteiger partial charge on any atom is 0.0654 e. The maximum absolute atomic E-state index is 5.04. The van der Waals surface area contributed by atoms with E-state index in [1.54, 1.807) is 0 Å². The Morgan fingerprint density at radius 3 is 2.60 bits per heavy atom. The van der Waals surface area contributed by atoms with Gasteiger partial charge in [0, 0.05) is 6.04 Å². The zero-order valence-corrected chi connectivity index (χ0v) is 7.31. The molecule has 0 aliphatic rings. The van der Waals surface area contributed by atoms with Gasteiger partial charge in [-0.1, -0.05) is 19.8 Å². The summed E-state index contributed by atoms with van der Waals surface area (Å²) < 4.78 is 0. The first kappa shape index (κ1) is 9.92. The van der Waals surface area contributed by atoms with Crippen LogP contribution in [-0.2, 0) is 4.84 Å². The summed E-state index contributed by atoms with van der Waals surface area (Å²) in [7, 11) is 0. The molecule has 1 N–H and O–H groups in total. The van der Waals surface area contributed by atoms with Crippen LogP contribution < -0.4 is 5.48 Å². The third kappa shape index (κ3) is 6.05. The Bertz CT molecular complexity index is 58.3. The fraction of sp³-hybridized carbons (Fsp3) is 1.00. The second-order valence-electron chi connectivity index (χ2n) is 2.59. The van der Waals surface area contributed by atoms with Crippen molar-refractivity contribution in [3.63, 3.8) is 0 Å². The third-order valence-corrected chi connectivity index (χ3v) is 1.42. The number of hydrogen-bond donors (Lipinski definition) is 1. The van der Waals surface area contributed by atoms with Crippen molar-refractivity contribution in [1.82, 2.24) is 5.48 Å². The number of nitrogens with one attached hydrogen (secondary N) is 1. The van der Waals surface area contributed by atoms with E-state index in [0.29, 0.717) is 6.04 Å². The van der Waals surface area contributed by atoms with Crippen molar-refractivity contribution >= 4 is 0 Å². The van der Waals surface area contributed by atoms with Gasteiger partial charge in [0.2, 0.25) is 0 Å². The molecular weight excluding hydrogens is 126 g/mol. The fourth-order valence-corrected chi connectivity index (χ4v) is 0.795. The maximum atomic E-state index is 5.04. The van der Waals surface area contributed by atoms with Crippen LogP contribution in [0.1, 0.15) is 40.0 Å². The second kappa shape index (κ2) is 7.03. The normalized spacial score (nSPS) is 13.5. The van der Waals surface area contributed by atoms with Crippen LogP contribution in [0.25, 0.3) is 0 Å². The SMILES string of the molecule is CCCCC(C)NOCC. The van der Waals surface area contributed by atoms with E-state index in [9.17, 15) is 0 Å². The molecule has 0 aromatic rings. The van der Waals surface area contributed by atoms with Gasteiger partial charge in [-0.3, -0.25) is 0 Å². The van der Waals surface area contributed by atoms with Crippen molar-refractivity contribution in [3.8, 4) is 0 Å². The zero-order chi connectivity index (χ0) is 7.82. The summed E-state index contributed by atoms with van der Waals surface area (Å²) in [6, 6.07) is 0.500. The van der Waals surface area contributed by atoms with Crippen molar-refractivity contribution in [2.75, 3.05) is 6.61 Å². The molecule has 10 heavy (non-hydrogen) atoms. The molecule has 2 heteroatoms. The van der Waals surface area contributed by atoms with Gasteiger partial charge in [-0.25, -0.2) is 0 Å². The average Bonchev–Trinajstić information content (AvgIpc) is 1.97. The van der Waals surface area contributed by atoms with Gasteiger partial charge < -0.3 is 4.84 Å². The van der Waals surface area contributed by atoms with E-state index in [0.717, 1.165) is 6.61 Å². The van der Waals surface area contributed by atoms with Crippen LogP contribution in [0.4, 0.5) is 0 Å². The molecule has 0 aliphatic heterocycles. The molecule has 0 radical (unpaired) electrons. The summed E-state index contributed by atoms with van der Waals surface area (Å²) in [5, 5.41) is 0. The summed E-state index contributed by atoms with van der Waals surface area (Å²) in [6.07, 6.45) is 3.75. The molecule has 1 unspecified atom stereocenters. The van der Waals surface area contributed by atoms with Gasteiger partial charge in [-0.05, 0) is 20.3 Å². The summed E-state index contributed by atoms with van der Waals surface area (Å²) in [5.41, 5.74) is 2.97. The summed E-state index contributed by atoms with van der Waals surface area (Å²) in [5.74, 6) is 0. The Hall–Kier alpha value is -0.0800. The van der Waals surface area contributed by atoms with Gasteiger partial charge in [0.15, 0.2) is 0 Å². The van der Waals surface area contributed by atoms with Crippen molar-refractivity contribution in [3.05, 3.63) is 0 Å². The van der Waals surface area contributed by atoms with E-state index in [2.05, 4.69) is 19.3 Å². The first-order valence-corrected chi connectivity index (χ1v) is 4.18. The summed E-state index contributed by atoms with van der Waals surface area (Å²) in [6.45, 7) is 7.08. The van der Waals surface area contributed by atoms with Crippen molar-refractivity contribution in [1.29, 1.82) is 0 Å². The van der Waals surface area contributed by atoms with Gasteiger partial charge >= 0.3 is 0 Å². The highest BCUT2D eigenvalue weighted by molar-refractivity contribution is 4.52. The lowest BCUT2D eigenvalue weighted by atomic mass is 10.2. The van der Waals surface area contributed by atoms with Crippen molar-refractivity contribution < 1.29 is 4.84 Å². The molecule has 0 fully saturated rings. The fourth-order valence-electron chi connectivity index (χ4n) is 0.795. The van der Waals surface area contributed by atoms with Crippen LogP contribution in [0.3, 0.4) is 0 Å². The van der Waals surface area contributed by atoms with Gasteiger partial charge in [-0.2, -0.15) is 5.48 Å². The molecule has 0 aromatic carbocycles. The molecule has 0 rings (SSSR count). The zero-order valence-electron chi connectivity index (χ0n) is 7.31. The predicted octanol–water partition coefficient (Wildman–Crippen LogP) is 2.11. The molecule has 62 valence electrons. The predicted molar refractivity (Wildman–Crippen MR) is 43.7 cm³/mol. The third-order valence-electron chi connectivity index (χ3n) is 1.42. The molecule has 0 aromatic heterocycles. The van der Waals surface area contributed by atoms with Crippen LogP contribution in [0, 0.1) is 0 Å². The Morgan fingerprint density at radius 1 is 1.40 bits per heavy atom. The number of unbranched alkanes of at least 4 members (excludes halogenated alkanes) is 1. The van der Waals surface area contributed by atoms with Crippen molar-refractivity contribution in [2.45, 2.75) is 46.1 Å². The number of hydroxylamine groups is 1. The van der Waals surface area contributed by atoms with Gasteiger partial charge in [0.25, 0.3) is 0 Å². The second-order valence-corrected chi connectivity index (χ2v) is 2.59. The van der Waals surface area contributed by atoms with E-state index in [-0.39, 0.29) is 0 Å². The minimum absolute atomic E-state index is 0.500. The van der Waals surface area contributed by atoms with E-state index >= 15 is 0 Å². The number of hydrogen-bond acceptors (Lipinski definition) is 2. The molecule has 0 heterocycles. The van der Waals surface area contributed by atoms with Crippen LogP contribution in [-0.4, -0.2) is 12.6 Å². The Morgan fingerprint density at radius 2 is 2.10 bits per heavy atom. The lowest BCUT2D eigenvalue weighted by molar-refractivity contribution is 0.0265. The van der Waals surface area contributed by atoms with E-state index < -0.39 is 0 Å². The average molecular weight is 145 g/mol. The van der Waals surface area contributed by atoms with Gasteiger partial charge in [0.05, 0.1) is 6.61 Å². The van der Waals surface area contributed by atoms with Crippen LogP contribution in [0.2, 0.25) is 0 Å². The lowest BCUT2D eigenvalue weighted by Gasteiger charge is -2.11. The molecule has 0 aliphatic carbocycles. The highest BCUT2D eigenvalue weighted by Crippen LogP contribution is 1.98. The Kier molecular flexibility index (Phi) is 6.98. The molecule has 0 saturated heterocycles. The molecule has 1 atom stereocenters.